The van der Waals surface area contributed by atoms with Gasteiger partial charge in [-0.15, -0.1) is 0 Å². The van der Waals surface area contributed by atoms with Gasteiger partial charge in [-0.25, -0.2) is 0 Å². The number of amides is 1. The Balaban J connectivity index is 3.07. The molecule has 0 atom stereocenters. The molecule has 0 aromatic heterocycles. The summed E-state index contributed by atoms with van der Waals surface area (Å²) in [6, 6.07) is 0. The summed E-state index contributed by atoms with van der Waals surface area (Å²) in [6.45, 7) is 4.60. The Bertz CT molecular complexity index is 339. The molecule has 1 heterocycles. The second kappa shape index (κ2) is 4.60. The molecule has 0 radical (unpaired) electrons. The van der Waals surface area contributed by atoms with Gasteiger partial charge in [0, 0.05) is 24.2 Å². The van der Waals surface area contributed by atoms with Gasteiger partial charge in [-0.1, -0.05) is 21.5 Å². The minimum atomic E-state index is 0.0497. The standard InChI is InChI=1S/C11H14BrNO/c1-8-4-10(12)5-9(2)7-13(3)11(14)6-8/h4-6H,7H2,1-3H3/b8-6+,9-5+,10-4+. The molecule has 0 saturated carbocycles. The molecular weight excluding hydrogens is 242 g/mol. The van der Waals surface area contributed by atoms with E-state index >= 15 is 0 Å². The van der Waals surface area contributed by atoms with E-state index in [0.717, 1.165) is 15.6 Å². The summed E-state index contributed by atoms with van der Waals surface area (Å²) in [7, 11) is 1.81. The largest absolute Gasteiger partial charge is 0.338 e. The van der Waals surface area contributed by atoms with E-state index in [1.807, 2.05) is 33.0 Å². The lowest BCUT2D eigenvalue weighted by Gasteiger charge is -2.14. The Morgan fingerprint density at radius 2 is 1.93 bits per heavy atom. The van der Waals surface area contributed by atoms with Crippen molar-refractivity contribution in [1.29, 1.82) is 0 Å². The topological polar surface area (TPSA) is 20.3 Å². The number of carbonyl (C=O) groups is 1. The average Bonchev–Trinajstić information content (AvgIpc) is 2.03. The fraction of sp³-hybridized carbons (Fsp3) is 0.364. The van der Waals surface area contributed by atoms with Crippen molar-refractivity contribution in [3.63, 3.8) is 0 Å². The molecule has 14 heavy (non-hydrogen) atoms. The van der Waals surface area contributed by atoms with E-state index in [0.29, 0.717) is 6.54 Å². The van der Waals surface area contributed by atoms with Crippen LogP contribution in [0.25, 0.3) is 0 Å². The van der Waals surface area contributed by atoms with Crippen molar-refractivity contribution in [2.24, 2.45) is 0 Å². The van der Waals surface area contributed by atoms with E-state index in [-0.39, 0.29) is 5.91 Å². The summed E-state index contributed by atoms with van der Waals surface area (Å²) < 4.78 is 1.01. The molecule has 0 aromatic carbocycles. The minimum Gasteiger partial charge on any atom is -0.338 e. The first-order chi connectivity index (χ1) is 6.49. The molecule has 0 aromatic rings. The summed E-state index contributed by atoms with van der Waals surface area (Å²) in [5.74, 6) is 0.0497. The van der Waals surface area contributed by atoms with Crippen molar-refractivity contribution in [3.8, 4) is 0 Å². The zero-order chi connectivity index (χ0) is 10.7. The van der Waals surface area contributed by atoms with Crippen molar-refractivity contribution in [1.82, 2.24) is 4.90 Å². The van der Waals surface area contributed by atoms with Crippen LogP contribution in [0.3, 0.4) is 0 Å². The van der Waals surface area contributed by atoms with Gasteiger partial charge >= 0.3 is 0 Å². The SMILES string of the molecule is CC1=C\C(=O)N(C)C/C(C)=C/C(Br)=C\1. The smallest absolute Gasteiger partial charge is 0.246 e. The van der Waals surface area contributed by atoms with Gasteiger partial charge in [0.2, 0.25) is 5.91 Å². The minimum absolute atomic E-state index is 0.0497. The van der Waals surface area contributed by atoms with Crippen LogP contribution in [0.4, 0.5) is 0 Å². The number of likely N-dealkylation sites (N-methyl/N-ethyl adjacent to an activating group) is 1. The Labute approximate surface area is 93.1 Å². The third-order valence-electron chi connectivity index (χ3n) is 1.96. The second-order valence-corrected chi connectivity index (χ2v) is 4.52. The van der Waals surface area contributed by atoms with E-state index in [2.05, 4.69) is 15.9 Å². The Hall–Kier alpha value is -0.830. The van der Waals surface area contributed by atoms with E-state index in [1.54, 1.807) is 11.0 Å². The highest BCUT2D eigenvalue weighted by molar-refractivity contribution is 9.11. The van der Waals surface area contributed by atoms with Crippen LogP contribution in [-0.2, 0) is 4.79 Å². The van der Waals surface area contributed by atoms with Crippen LogP contribution < -0.4 is 0 Å². The molecule has 1 aliphatic heterocycles. The number of hydrogen-bond donors (Lipinski definition) is 0. The highest BCUT2D eigenvalue weighted by Crippen LogP contribution is 2.15. The summed E-state index contributed by atoms with van der Waals surface area (Å²) >= 11 is 3.44. The van der Waals surface area contributed by atoms with Gasteiger partial charge in [0.25, 0.3) is 0 Å². The lowest BCUT2D eigenvalue weighted by molar-refractivity contribution is -0.124. The highest BCUT2D eigenvalue weighted by Gasteiger charge is 2.08. The number of hydrogen-bond acceptors (Lipinski definition) is 1. The Kier molecular flexibility index (Phi) is 3.69. The lowest BCUT2D eigenvalue weighted by atomic mass is 10.2. The Morgan fingerprint density at radius 1 is 1.29 bits per heavy atom. The molecule has 0 aliphatic carbocycles. The molecule has 1 aliphatic rings. The summed E-state index contributed by atoms with van der Waals surface area (Å²) in [5.41, 5.74) is 2.12. The van der Waals surface area contributed by atoms with Crippen molar-refractivity contribution in [2.75, 3.05) is 13.6 Å². The molecule has 0 N–H and O–H groups in total. The molecule has 1 rings (SSSR count). The highest BCUT2D eigenvalue weighted by atomic mass is 79.9. The van der Waals surface area contributed by atoms with Gasteiger partial charge in [0.15, 0.2) is 0 Å². The second-order valence-electron chi connectivity index (χ2n) is 3.60. The first kappa shape index (κ1) is 11.2. The molecule has 0 bridgehead atoms. The van der Waals surface area contributed by atoms with Crippen LogP contribution in [0.1, 0.15) is 13.8 Å². The first-order valence-corrected chi connectivity index (χ1v) is 5.26. The van der Waals surface area contributed by atoms with Crippen LogP contribution in [0.2, 0.25) is 0 Å². The third kappa shape index (κ3) is 3.14. The van der Waals surface area contributed by atoms with E-state index < -0.39 is 0 Å². The van der Waals surface area contributed by atoms with Gasteiger partial charge in [0.1, 0.15) is 0 Å². The zero-order valence-electron chi connectivity index (χ0n) is 8.67. The van der Waals surface area contributed by atoms with Crippen molar-refractivity contribution in [3.05, 3.63) is 33.9 Å². The van der Waals surface area contributed by atoms with Crippen molar-refractivity contribution in [2.45, 2.75) is 13.8 Å². The van der Waals surface area contributed by atoms with Gasteiger partial charge in [-0.3, -0.25) is 4.79 Å². The molecule has 76 valence electrons. The van der Waals surface area contributed by atoms with Crippen LogP contribution in [0, 0.1) is 0 Å². The number of halogens is 1. The maximum Gasteiger partial charge on any atom is 0.246 e. The van der Waals surface area contributed by atoms with E-state index in [4.69, 9.17) is 0 Å². The molecule has 0 unspecified atom stereocenters. The molecule has 1 amide bonds. The summed E-state index contributed by atoms with van der Waals surface area (Å²) in [5, 5.41) is 0. The van der Waals surface area contributed by atoms with Gasteiger partial charge in [0.05, 0.1) is 0 Å². The van der Waals surface area contributed by atoms with Crippen LogP contribution >= 0.6 is 15.9 Å². The van der Waals surface area contributed by atoms with Gasteiger partial charge in [-0.05, 0) is 31.6 Å². The number of carbonyl (C=O) groups excluding carboxylic acids is 1. The normalized spacial score (nSPS) is 30.1. The van der Waals surface area contributed by atoms with Crippen LogP contribution in [0.15, 0.2) is 33.9 Å². The molecule has 0 saturated heterocycles. The summed E-state index contributed by atoms with van der Waals surface area (Å²) in [6.07, 6.45) is 5.63. The molecule has 2 nitrogen and oxygen atoms in total. The predicted octanol–water partition coefficient (Wildman–Crippen LogP) is 2.63. The molecule has 0 fully saturated rings. The first-order valence-electron chi connectivity index (χ1n) is 4.47. The van der Waals surface area contributed by atoms with E-state index in [1.165, 1.54) is 0 Å². The Morgan fingerprint density at radius 3 is 2.57 bits per heavy atom. The fourth-order valence-electron chi connectivity index (χ4n) is 1.34. The van der Waals surface area contributed by atoms with Crippen molar-refractivity contribution < 1.29 is 4.79 Å². The maximum atomic E-state index is 11.6. The average molecular weight is 256 g/mol. The number of allylic oxidation sites excluding steroid dienone is 4. The quantitative estimate of drug-likeness (QED) is 0.652. The molecule has 0 spiro atoms. The molecule has 3 heteroatoms. The number of rotatable bonds is 0. The lowest BCUT2D eigenvalue weighted by Crippen LogP contribution is -2.26. The monoisotopic (exact) mass is 255 g/mol. The van der Waals surface area contributed by atoms with E-state index in [9.17, 15) is 4.79 Å². The molecular formula is C11H14BrNO. The van der Waals surface area contributed by atoms with Gasteiger partial charge < -0.3 is 4.90 Å². The predicted molar refractivity (Wildman–Crippen MR) is 62.2 cm³/mol. The van der Waals surface area contributed by atoms with Crippen molar-refractivity contribution >= 4 is 21.8 Å². The van der Waals surface area contributed by atoms with Crippen LogP contribution in [-0.4, -0.2) is 24.4 Å². The number of nitrogens with zero attached hydrogens (tertiary/aromatic N) is 1. The fourth-order valence-corrected chi connectivity index (χ4v) is 2.09. The third-order valence-corrected chi connectivity index (χ3v) is 2.42. The zero-order valence-corrected chi connectivity index (χ0v) is 10.3. The maximum absolute atomic E-state index is 11.6. The summed E-state index contributed by atoms with van der Waals surface area (Å²) in [4.78, 5) is 13.3. The van der Waals surface area contributed by atoms with Crippen LogP contribution in [0.5, 0.6) is 0 Å². The van der Waals surface area contributed by atoms with Gasteiger partial charge in [-0.2, -0.15) is 0 Å².